The molecule has 0 saturated carbocycles. The molecule has 0 aliphatic heterocycles. The number of nitrogens with zero attached hydrogens (tertiary/aromatic N) is 2. The minimum atomic E-state index is 0.916. The number of aryl methyl sites for hydroxylation is 3. The van der Waals surface area contributed by atoms with Crippen LogP contribution in [-0.4, -0.2) is 9.55 Å². The second-order valence-corrected chi connectivity index (χ2v) is 4.39. The molecule has 0 atom stereocenters. The van der Waals surface area contributed by atoms with Gasteiger partial charge in [-0.3, -0.25) is 0 Å². The van der Waals surface area contributed by atoms with Crippen LogP contribution >= 0.6 is 0 Å². The number of imidazole rings is 1. The highest BCUT2D eigenvalue weighted by Gasteiger charge is 2.04. The molecule has 2 aromatic rings. The maximum atomic E-state index is 4.35. The van der Waals surface area contributed by atoms with E-state index >= 15 is 0 Å². The van der Waals surface area contributed by atoms with E-state index < -0.39 is 0 Å². The molecule has 1 heterocycles. The Bertz CT molecular complexity index is 500. The van der Waals surface area contributed by atoms with E-state index in [1.807, 2.05) is 12.4 Å². The lowest BCUT2D eigenvalue weighted by molar-refractivity contribution is 0.686. The molecule has 0 spiro atoms. The van der Waals surface area contributed by atoms with Crippen molar-refractivity contribution in [3.05, 3.63) is 41.7 Å². The Hall–Kier alpha value is -1.77. The lowest BCUT2D eigenvalue weighted by Gasteiger charge is -2.11. The molecule has 0 aliphatic carbocycles. The summed E-state index contributed by atoms with van der Waals surface area (Å²) in [5, 5.41) is 3.38. The van der Waals surface area contributed by atoms with Crippen molar-refractivity contribution in [2.75, 3.05) is 5.32 Å². The van der Waals surface area contributed by atoms with E-state index in [-0.39, 0.29) is 0 Å². The molecule has 0 bridgehead atoms. The number of rotatable bonds is 4. The van der Waals surface area contributed by atoms with Crippen molar-refractivity contribution in [3.8, 4) is 0 Å². The summed E-state index contributed by atoms with van der Waals surface area (Å²) in [5.41, 5.74) is 3.65. The number of nitrogens with one attached hydrogen (secondary N) is 1. The molecule has 1 N–H and O–H groups in total. The Morgan fingerprint density at radius 3 is 2.82 bits per heavy atom. The fourth-order valence-corrected chi connectivity index (χ4v) is 1.93. The Morgan fingerprint density at radius 1 is 1.29 bits per heavy atom. The summed E-state index contributed by atoms with van der Waals surface area (Å²) in [6, 6.07) is 6.40. The second kappa shape index (κ2) is 5.04. The summed E-state index contributed by atoms with van der Waals surface area (Å²) < 4.78 is 2.14. The number of benzene rings is 1. The van der Waals surface area contributed by atoms with Crippen LogP contribution in [0, 0.1) is 13.8 Å². The molecule has 1 aromatic carbocycles. The minimum absolute atomic E-state index is 0.916. The van der Waals surface area contributed by atoms with Crippen LogP contribution in [0.3, 0.4) is 0 Å². The van der Waals surface area contributed by atoms with Crippen molar-refractivity contribution < 1.29 is 0 Å². The first-order valence-corrected chi connectivity index (χ1v) is 6.06. The lowest BCUT2D eigenvalue weighted by atomic mass is 10.1. The fraction of sp³-hybridized carbons (Fsp3) is 0.357. The summed E-state index contributed by atoms with van der Waals surface area (Å²) in [5.74, 6) is 0.916. The van der Waals surface area contributed by atoms with Crippen LogP contribution in [0.25, 0.3) is 0 Å². The zero-order valence-corrected chi connectivity index (χ0v) is 10.7. The predicted molar refractivity (Wildman–Crippen MR) is 71.7 cm³/mol. The molecule has 0 saturated heterocycles. The summed E-state index contributed by atoms with van der Waals surface area (Å²) >= 11 is 0. The van der Waals surface area contributed by atoms with Gasteiger partial charge in [0.1, 0.15) is 0 Å². The predicted octanol–water partition coefficient (Wildman–Crippen LogP) is 3.65. The number of anilines is 2. The topological polar surface area (TPSA) is 29.9 Å². The largest absolute Gasteiger partial charge is 0.325 e. The van der Waals surface area contributed by atoms with E-state index in [4.69, 9.17) is 0 Å². The van der Waals surface area contributed by atoms with Crippen LogP contribution in [0.4, 0.5) is 11.6 Å². The molecule has 0 fully saturated rings. The number of hydrogen-bond donors (Lipinski definition) is 1. The van der Waals surface area contributed by atoms with Crippen LogP contribution in [-0.2, 0) is 6.54 Å². The molecule has 0 radical (unpaired) electrons. The highest BCUT2D eigenvalue weighted by atomic mass is 15.2. The van der Waals surface area contributed by atoms with Crippen molar-refractivity contribution >= 4 is 11.6 Å². The van der Waals surface area contributed by atoms with E-state index in [0.29, 0.717) is 0 Å². The van der Waals surface area contributed by atoms with Crippen molar-refractivity contribution in [3.63, 3.8) is 0 Å². The van der Waals surface area contributed by atoms with Gasteiger partial charge in [-0.1, -0.05) is 24.6 Å². The average Bonchev–Trinajstić information content (AvgIpc) is 2.71. The molecule has 3 nitrogen and oxygen atoms in total. The quantitative estimate of drug-likeness (QED) is 0.867. The van der Waals surface area contributed by atoms with E-state index in [0.717, 1.165) is 24.6 Å². The van der Waals surface area contributed by atoms with Crippen LogP contribution < -0.4 is 5.32 Å². The monoisotopic (exact) mass is 229 g/mol. The van der Waals surface area contributed by atoms with Gasteiger partial charge in [0.05, 0.1) is 0 Å². The SMILES string of the molecule is CCCn1ccnc1Nc1ccc(C)cc1C. The minimum Gasteiger partial charge on any atom is -0.325 e. The van der Waals surface area contributed by atoms with Crippen molar-refractivity contribution in [2.45, 2.75) is 33.7 Å². The third-order valence-electron chi connectivity index (χ3n) is 2.81. The maximum Gasteiger partial charge on any atom is 0.207 e. The number of aromatic nitrogens is 2. The van der Waals surface area contributed by atoms with Gasteiger partial charge in [0.25, 0.3) is 0 Å². The van der Waals surface area contributed by atoms with Gasteiger partial charge in [0.15, 0.2) is 0 Å². The van der Waals surface area contributed by atoms with Crippen LogP contribution in [0.5, 0.6) is 0 Å². The van der Waals surface area contributed by atoms with Gasteiger partial charge in [-0.25, -0.2) is 4.98 Å². The first kappa shape index (κ1) is 11.7. The van der Waals surface area contributed by atoms with Crippen LogP contribution in [0.2, 0.25) is 0 Å². The summed E-state index contributed by atoms with van der Waals surface area (Å²) in [6.07, 6.45) is 4.95. The first-order chi connectivity index (χ1) is 8.20. The zero-order chi connectivity index (χ0) is 12.3. The van der Waals surface area contributed by atoms with Gasteiger partial charge in [-0.15, -0.1) is 0 Å². The van der Waals surface area contributed by atoms with Crippen LogP contribution in [0.15, 0.2) is 30.6 Å². The molecule has 3 heteroatoms. The molecule has 90 valence electrons. The highest BCUT2D eigenvalue weighted by Crippen LogP contribution is 2.20. The molecule has 17 heavy (non-hydrogen) atoms. The number of hydrogen-bond acceptors (Lipinski definition) is 2. The van der Waals surface area contributed by atoms with Crippen molar-refractivity contribution in [2.24, 2.45) is 0 Å². The van der Waals surface area contributed by atoms with E-state index in [9.17, 15) is 0 Å². The van der Waals surface area contributed by atoms with Crippen molar-refractivity contribution in [1.29, 1.82) is 0 Å². The normalized spacial score (nSPS) is 10.5. The highest BCUT2D eigenvalue weighted by molar-refractivity contribution is 5.59. The van der Waals surface area contributed by atoms with Gasteiger partial charge in [0, 0.05) is 24.6 Å². The molecule has 1 aromatic heterocycles. The smallest absolute Gasteiger partial charge is 0.207 e. The van der Waals surface area contributed by atoms with E-state index in [2.05, 4.69) is 53.8 Å². The molecular weight excluding hydrogens is 210 g/mol. The Kier molecular flexibility index (Phi) is 3.47. The Balaban J connectivity index is 2.22. The summed E-state index contributed by atoms with van der Waals surface area (Å²) in [7, 11) is 0. The summed E-state index contributed by atoms with van der Waals surface area (Å²) in [4.78, 5) is 4.35. The van der Waals surface area contributed by atoms with Gasteiger partial charge in [0.2, 0.25) is 5.95 Å². The molecular formula is C14H19N3. The molecule has 2 rings (SSSR count). The third kappa shape index (κ3) is 2.67. The molecule has 0 amide bonds. The zero-order valence-electron chi connectivity index (χ0n) is 10.7. The maximum absolute atomic E-state index is 4.35. The Morgan fingerprint density at radius 2 is 2.12 bits per heavy atom. The second-order valence-electron chi connectivity index (χ2n) is 4.39. The first-order valence-electron chi connectivity index (χ1n) is 6.06. The van der Waals surface area contributed by atoms with Gasteiger partial charge in [-0.05, 0) is 31.9 Å². The van der Waals surface area contributed by atoms with E-state index in [1.54, 1.807) is 0 Å². The third-order valence-corrected chi connectivity index (χ3v) is 2.81. The van der Waals surface area contributed by atoms with Gasteiger partial charge in [-0.2, -0.15) is 0 Å². The van der Waals surface area contributed by atoms with Crippen LogP contribution in [0.1, 0.15) is 24.5 Å². The van der Waals surface area contributed by atoms with Gasteiger partial charge < -0.3 is 9.88 Å². The average molecular weight is 229 g/mol. The molecule has 0 aliphatic rings. The molecule has 0 unspecified atom stereocenters. The Labute approximate surface area is 103 Å². The standard InChI is InChI=1S/C14H19N3/c1-4-8-17-9-7-15-14(17)16-13-6-5-11(2)10-12(13)3/h5-7,9-10H,4,8H2,1-3H3,(H,15,16). The van der Waals surface area contributed by atoms with E-state index in [1.165, 1.54) is 11.1 Å². The summed E-state index contributed by atoms with van der Waals surface area (Å²) in [6.45, 7) is 7.38. The fourth-order valence-electron chi connectivity index (χ4n) is 1.93. The van der Waals surface area contributed by atoms with Crippen molar-refractivity contribution in [1.82, 2.24) is 9.55 Å². The lowest BCUT2D eigenvalue weighted by Crippen LogP contribution is -2.03. The van der Waals surface area contributed by atoms with Gasteiger partial charge >= 0.3 is 0 Å².